The van der Waals surface area contributed by atoms with Crippen LogP contribution in [0.2, 0.25) is 0 Å². The molecule has 0 aliphatic heterocycles. The molecule has 3 nitrogen and oxygen atoms in total. The van der Waals surface area contributed by atoms with Crippen molar-refractivity contribution in [3.63, 3.8) is 0 Å². The van der Waals surface area contributed by atoms with Gasteiger partial charge in [0.05, 0.1) is 7.11 Å². The summed E-state index contributed by atoms with van der Waals surface area (Å²) in [6, 6.07) is 3.62. The van der Waals surface area contributed by atoms with E-state index in [1.54, 1.807) is 0 Å². The third-order valence-corrected chi connectivity index (χ3v) is 2.48. The minimum atomic E-state index is -1.22. The van der Waals surface area contributed by atoms with Crippen molar-refractivity contribution < 1.29 is 18.7 Å². The van der Waals surface area contributed by atoms with Gasteiger partial charge < -0.3 is 4.74 Å². The molecule has 5 heteroatoms. The molecule has 1 aromatic rings. The summed E-state index contributed by atoms with van der Waals surface area (Å²) in [5.74, 6) is -1.73. The molecule has 86 valence electrons. The zero-order valence-corrected chi connectivity index (χ0v) is 9.55. The number of benzene rings is 1. The molecule has 0 heterocycles. The van der Waals surface area contributed by atoms with E-state index in [-0.39, 0.29) is 11.3 Å². The van der Waals surface area contributed by atoms with Crippen LogP contribution in [0.15, 0.2) is 18.2 Å². The van der Waals surface area contributed by atoms with E-state index in [4.69, 9.17) is 16.3 Å². The van der Waals surface area contributed by atoms with Crippen molar-refractivity contribution in [3.05, 3.63) is 29.6 Å². The number of hydrogen-bond donors (Lipinski definition) is 0. The molecule has 1 rings (SSSR count). The summed E-state index contributed by atoms with van der Waals surface area (Å²) in [5, 5.41) is -1.22. The van der Waals surface area contributed by atoms with Crippen LogP contribution in [0, 0.1) is 5.82 Å². The fourth-order valence-electron chi connectivity index (χ4n) is 1.22. The highest BCUT2D eigenvalue weighted by Crippen LogP contribution is 2.31. The summed E-state index contributed by atoms with van der Waals surface area (Å²) < 4.78 is 17.9. The number of carbonyl (C=O) groups excluding carboxylic acids is 2. The number of alkyl halides is 1. The van der Waals surface area contributed by atoms with Gasteiger partial charge in [-0.1, -0.05) is 0 Å². The molecule has 1 atom stereocenters. The monoisotopic (exact) mass is 244 g/mol. The van der Waals surface area contributed by atoms with Crippen molar-refractivity contribution in [1.82, 2.24) is 0 Å². The predicted molar refractivity (Wildman–Crippen MR) is 57.2 cm³/mol. The molecule has 1 unspecified atom stereocenters. The molecule has 0 saturated carbocycles. The quantitative estimate of drug-likeness (QED) is 0.603. The van der Waals surface area contributed by atoms with E-state index >= 15 is 0 Å². The Hall–Kier alpha value is -1.42. The number of carbonyl (C=O) groups is 2. The Morgan fingerprint density at radius 3 is 2.56 bits per heavy atom. The normalized spacial score (nSPS) is 12.0. The second-order valence-corrected chi connectivity index (χ2v) is 3.61. The van der Waals surface area contributed by atoms with Gasteiger partial charge in [0.2, 0.25) is 5.78 Å². The Kier molecular flexibility index (Phi) is 4.01. The summed E-state index contributed by atoms with van der Waals surface area (Å²) in [4.78, 5) is 22.2. The van der Waals surface area contributed by atoms with Crippen LogP contribution in [0.25, 0.3) is 0 Å². The Morgan fingerprint density at radius 2 is 2.06 bits per heavy atom. The maximum absolute atomic E-state index is 13.0. The molecule has 0 spiro atoms. The third-order valence-electron chi connectivity index (χ3n) is 2.04. The fraction of sp³-hybridized carbons (Fsp3) is 0.273. The van der Waals surface area contributed by atoms with Crippen molar-refractivity contribution in [2.24, 2.45) is 0 Å². The SMILES string of the molecule is COc1ccc(F)cc1C(Cl)C(=O)C(C)=O. The van der Waals surface area contributed by atoms with Gasteiger partial charge in [-0.2, -0.15) is 0 Å². The number of ketones is 2. The van der Waals surface area contributed by atoms with Crippen LogP contribution in [-0.4, -0.2) is 18.7 Å². The zero-order valence-electron chi connectivity index (χ0n) is 8.79. The summed E-state index contributed by atoms with van der Waals surface area (Å²) in [5.41, 5.74) is 0.157. The van der Waals surface area contributed by atoms with E-state index < -0.39 is 22.8 Å². The van der Waals surface area contributed by atoms with Crippen molar-refractivity contribution in [2.45, 2.75) is 12.3 Å². The summed E-state index contributed by atoms with van der Waals surface area (Å²) in [6.07, 6.45) is 0. The van der Waals surface area contributed by atoms with E-state index in [1.807, 2.05) is 0 Å². The first kappa shape index (κ1) is 12.6. The highest BCUT2D eigenvalue weighted by atomic mass is 35.5. The van der Waals surface area contributed by atoms with Crippen molar-refractivity contribution in [2.75, 3.05) is 7.11 Å². The molecule has 0 aromatic heterocycles. The van der Waals surface area contributed by atoms with Gasteiger partial charge in [-0.3, -0.25) is 9.59 Å². The Morgan fingerprint density at radius 1 is 1.44 bits per heavy atom. The van der Waals surface area contributed by atoms with Gasteiger partial charge in [0.25, 0.3) is 0 Å². The molecule has 0 saturated heterocycles. The number of methoxy groups -OCH3 is 1. The van der Waals surface area contributed by atoms with Gasteiger partial charge in [0.15, 0.2) is 5.78 Å². The van der Waals surface area contributed by atoms with Crippen LogP contribution in [-0.2, 0) is 9.59 Å². The maximum atomic E-state index is 13.0. The average molecular weight is 245 g/mol. The van der Waals surface area contributed by atoms with Crippen molar-refractivity contribution in [3.8, 4) is 5.75 Å². The molecule has 0 aliphatic carbocycles. The smallest absolute Gasteiger partial charge is 0.220 e. The molecular weight excluding hydrogens is 235 g/mol. The number of halogens is 2. The van der Waals surface area contributed by atoms with E-state index in [2.05, 4.69) is 0 Å². The average Bonchev–Trinajstić information content (AvgIpc) is 2.26. The largest absolute Gasteiger partial charge is 0.496 e. The van der Waals surface area contributed by atoms with Crippen LogP contribution >= 0.6 is 11.6 Å². The zero-order chi connectivity index (χ0) is 12.3. The first-order valence-corrected chi connectivity index (χ1v) is 4.93. The Labute approximate surface area is 97.2 Å². The predicted octanol–water partition coefficient (Wildman–Crippen LogP) is 2.27. The Balaban J connectivity index is 3.15. The lowest BCUT2D eigenvalue weighted by molar-refractivity contribution is -0.135. The van der Waals surface area contributed by atoms with Crippen LogP contribution in [0.5, 0.6) is 5.75 Å². The first-order valence-electron chi connectivity index (χ1n) is 4.49. The van der Waals surface area contributed by atoms with Gasteiger partial charge in [-0.05, 0) is 18.2 Å². The third kappa shape index (κ3) is 2.58. The highest BCUT2D eigenvalue weighted by Gasteiger charge is 2.25. The molecule has 1 aromatic carbocycles. The summed E-state index contributed by atoms with van der Waals surface area (Å²) >= 11 is 5.79. The topological polar surface area (TPSA) is 43.4 Å². The second-order valence-electron chi connectivity index (χ2n) is 3.17. The lowest BCUT2D eigenvalue weighted by Gasteiger charge is -2.11. The molecule has 0 bridgehead atoms. The molecule has 0 fully saturated rings. The lowest BCUT2D eigenvalue weighted by Crippen LogP contribution is -2.16. The number of ether oxygens (including phenoxy) is 1. The number of rotatable bonds is 4. The van der Waals surface area contributed by atoms with E-state index in [0.29, 0.717) is 0 Å². The summed E-state index contributed by atoms with van der Waals surface area (Å²) in [7, 11) is 1.37. The van der Waals surface area contributed by atoms with Crippen LogP contribution in [0.1, 0.15) is 17.9 Å². The van der Waals surface area contributed by atoms with Gasteiger partial charge in [0, 0.05) is 12.5 Å². The molecule has 0 aliphatic rings. The Bertz CT molecular complexity index is 431. The minimum absolute atomic E-state index is 0.157. The molecule has 0 radical (unpaired) electrons. The van der Waals surface area contributed by atoms with E-state index in [0.717, 1.165) is 13.0 Å². The maximum Gasteiger partial charge on any atom is 0.220 e. The van der Waals surface area contributed by atoms with Crippen LogP contribution in [0.4, 0.5) is 4.39 Å². The second kappa shape index (κ2) is 5.07. The van der Waals surface area contributed by atoms with Crippen molar-refractivity contribution >= 4 is 23.2 Å². The molecule has 16 heavy (non-hydrogen) atoms. The van der Waals surface area contributed by atoms with E-state index in [1.165, 1.54) is 19.2 Å². The van der Waals surface area contributed by atoms with Gasteiger partial charge in [-0.25, -0.2) is 4.39 Å². The first-order chi connectivity index (χ1) is 7.47. The van der Waals surface area contributed by atoms with Crippen LogP contribution < -0.4 is 4.74 Å². The van der Waals surface area contributed by atoms with Gasteiger partial charge in [0.1, 0.15) is 16.9 Å². The number of hydrogen-bond acceptors (Lipinski definition) is 3. The lowest BCUT2D eigenvalue weighted by atomic mass is 10.1. The molecular formula is C11H10ClFO3. The molecule has 0 N–H and O–H groups in total. The standard InChI is InChI=1S/C11H10ClFO3/c1-6(14)11(15)10(12)8-5-7(13)3-4-9(8)16-2/h3-5,10H,1-2H3. The fourth-order valence-corrected chi connectivity index (χ4v) is 1.55. The van der Waals surface area contributed by atoms with Gasteiger partial charge >= 0.3 is 0 Å². The highest BCUT2D eigenvalue weighted by molar-refractivity contribution is 6.49. The van der Waals surface area contributed by atoms with Crippen molar-refractivity contribution in [1.29, 1.82) is 0 Å². The molecule has 0 amide bonds. The van der Waals surface area contributed by atoms with Crippen LogP contribution in [0.3, 0.4) is 0 Å². The van der Waals surface area contributed by atoms with Gasteiger partial charge in [-0.15, -0.1) is 11.6 Å². The van der Waals surface area contributed by atoms with E-state index in [9.17, 15) is 14.0 Å². The minimum Gasteiger partial charge on any atom is -0.496 e. The summed E-state index contributed by atoms with van der Waals surface area (Å²) in [6.45, 7) is 1.11. The number of Topliss-reactive ketones (excluding diaryl/α,β-unsaturated/α-hetero) is 2.